The molecule has 3 nitrogen and oxygen atoms in total. The van der Waals surface area contributed by atoms with E-state index in [2.05, 4.69) is 13.8 Å². The average Bonchev–Trinajstić information content (AvgIpc) is 2.47. The molecule has 0 radical (unpaired) electrons. The summed E-state index contributed by atoms with van der Waals surface area (Å²) in [6.07, 6.45) is 1.42. The van der Waals surface area contributed by atoms with Crippen LogP contribution in [0.5, 0.6) is 0 Å². The van der Waals surface area contributed by atoms with Gasteiger partial charge in [0.2, 0.25) is 0 Å². The van der Waals surface area contributed by atoms with Gasteiger partial charge in [0.05, 0.1) is 12.0 Å². The molecular formula is C9H12O3S. The first-order valence-corrected chi connectivity index (χ1v) is 5.07. The van der Waals surface area contributed by atoms with E-state index >= 15 is 0 Å². The lowest BCUT2D eigenvalue weighted by atomic mass is 10.3. The Labute approximate surface area is 81.1 Å². The van der Waals surface area contributed by atoms with Crippen molar-refractivity contribution in [3.63, 3.8) is 0 Å². The first-order valence-electron chi connectivity index (χ1n) is 4.02. The zero-order chi connectivity index (χ0) is 9.84. The van der Waals surface area contributed by atoms with E-state index in [1.807, 2.05) is 0 Å². The minimum atomic E-state index is -0.923. The van der Waals surface area contributed by atoms with Gasteiger partial charge in [0, 0.05) is 0 Å². The summed E-state index contributed by atoms with van der Waals surface area (Å²) in [5.74, 6) is 0.242. The summed E-state index contributed by atoms with van der Waals surface area (Å²) in [6, 6.07) is 1.48. The van der Waals surface area contributed by atoms with Crippen molar-refractivity contribution in [1.82, 2.24) is 0 Å². The second-order valence-corrected chi connectivity index (χ2v) is 4.49. The Morgan fingerprint density at radius 3 is 2.92 bits per heavy atom. The first-order chi connectivity index (χ1) is 6.11. The second-order valence-electron chi connectivity index (χ2n) is 2.92. The molecule has 0 saturated heterocycles. The fourth-order valence-corrected chi connectivity index (χ4v) is 1.59. The van der Waals surface area contributed by atoms with Crippen LogP contribution in [0.3, 0.4) is 0 Å². The number of carbonyl (C=O) groups is 1. The van der Waals surface area contributed by atoms with Crippen LogP contribution in [0.1, 0.15) is 30.0 Å². The molecule has 0 aliphatic carbocycles. The summed E-state index contributed by atoms with van der Waals surface area (Å²) in [6.45, 7) is 4.13. The smallest absolute Gasteiger partial charge is 0.339 e. The number of thioether (sulfide) groups is 1. The summed E-state index contributed by atoms with van der Waals surface area (Å²) in [7, 11) is 0. The molecule has 0 aliphatic heterocycles. The average molecular weight is 200 g/mol. The van der Waals surface area contributed by atoms with Crippen LogP contribution in [0.2, 0.25) is 0 Å². The quantitative estimate of drug-likeness (QED) is 0.811. The van der Waals surface area contributed by atoms with E-state index in [-0.39, 0.29) is 5.56 Å². The SMILES string of the molecule is CC(C)SCc1occc1C(=O)O. The van der Waals surface area contributed by atoms with Crippen LogP contribution in [0.4, 0.5) is 0 Å². The zero-order valence-corrected chi connectivity index (χ0v) is 8.43. The van der Waals surface area contributed by atoms with Gasteiger partial charge in [0.15, 0.2) is 0 Å². The van der Waals surface area contributed by atoms with Crippen LogP contribution in [-0.2, 0) is 5.75 Å². The Kier molecular flexibility index (Phi) is 3.42. The van der Waals surface area contributed by atoms with Crippen LogP contribution in [0.15, 0.2) is 16.7 Å². The Bertz CT molecular complexity index is 291. The molecular weight excluding hydrogens is 188 g/mol. The van der Waals surface area contributed by atoms with Crippen molar-refractivity contribution in [2.75, 3.05) is 0 Å². The molecule has 0 unspecified atom stereocenters. The van der Waals surface area contributed by atoms with E-state index in [0.717, 1.165) is 0 Å². The van der Waals surface area contributed by atoms with E-state index < -0.39 is 5.97 Å². The van der Waals surface area contributed by atoms with Gasteiger partial charge in [-0.2, -0.15) is 11.8 Å². The summed E-state index contributed by atoms with van der Waals surface area (Å²) in [4.78, 5) is 10.7. The summed E-state index contributed by atoms with van der Waals surface area (Å²) in [5.41, 5.74) is 0.271. The number of carboxylic acids is 1. The fraction of sp³-hybridized carbons (Fsp3) is 0.444. The lowest BCUT2D eigenvalue weighted by molar-refractivity contribution is 0.0695. The van der Waals surface area contributed by atoms with Crippen molar-refractivity contribution in [3.8, 4) is 0 Å². The number of carboxylic acid groups (broad SMARTS) is 1. The third kappa shape index (κ3) is 2.81. The van der Waals surface area contributed by atoms with E-state index in [9.17, 15) is 4.79 Å². The molecule has 1 N–H and O–H groups in total. The van der Waals surface area contributed by atoms with Gasteiger partial charge < -0.3 is 9.52 Å². The van der Waals surface area contributed by atoms with Gasteiger partial charge in [-0.15, -0.1) is 0 Å². The van der Waals surface area contributed by atoms with Crippen LogP contribution >= 0.6 is 11.8 Å². The number of hydrogen-bond acceptors (Lipinski definition) is 3. The highest BCUT2D eigenvalue weighted by Crippen LogP contribution is 2.20. The molecule has 0 spiro atoms. The Balaban J connectivity index is 2.65. The third-order valence-corrected chi connectivity index (χ3v) is 2.62. The van der Waals surface area contributed by atoms with Crippen molar-refractivity contribution in [1.29, 1.82) is 0 Å². The Hall–Kier alpha value is -0.900. The lowest BCUT2D eigenvalue weighted by Gasteiger charge is -2.02. The van der Waals surface area contributed by atoms with Gasteiger partial charge in [0.25, 0.3) is 0 Å². The van der Waals surface area contributed by atoms with Gasteiger partial charge in [-0.3, -0.25) is 0 Å². The van der Waals surface area contributed by atoms with Crippen molar-refractivity contribution >= 4 is 17.7 Å². The number of rotatable bonds is 4. The minimum Gasteiger partial charge on any atom is -0.478 e. The normalized spacial score (nSPS) is 10.7. The number of furan rings is 1. The highest BCUT2D eigenvalue weighted by molar-refractivity contribution is 7.99. The van der Waals surface area contributed by atoms with E-state index in [0.29, 0.717) is 16.8 Å². The highest BCUT2D eigenvalue weighted by atomic mass is 32.2. The number of aromatic carboxylic acids is 1. The molecule has 4 heteroatoms. The highest BCUT2D eigenvalue weighted by Gasteiger charge is 2.13. The van der Waals surface area contributed by atoms with E-state index in [4.69, 9.17) is 9.52 Å². The number of hydrogen-bond donors (Lipinski definition) is 1. The van der Waals surface area contributed by atoms with Crippen molar-refractivity contribution in [2.45, 2.75) is 24.9 Å². The molecule has 72 valence electrons. The third-order valence-electron chi connectivity index (χ3n) is 1.52. The maximum atomic E-state index is 10.7. The van der Waals surface area contributed by atoms with Gasteiger partial charge in [-0.05, 0) is 11.3 Å². The summed E-state index contributed by atoms with van der Waals surface area (Å²) >= 11 is 1.66. The van der Waals surface area contributed by atoms with Crippen LogP contribution in [0, 0.1) is 0 Å². The van der Waals surface area contributed by atoms with Gasteiger partial charge in [-0.1, -0.05) is 13.8 Å². The monoisotopic (exact) mass is 200 g/mol. The molecule has 1 heterocycles. The van der Waals surface area contributed by atoms with Gasteiger partial charge in [-0.25, -0.2) is 4.79 Å². The van der Waals surface area contributed by atoms with E-state index in [1.165, 1.54) is 12.3 Å². The predicted octanol–water partition coefficient (Wildman–Crippen LogP) is 2.62. The maximum absolute atomic E-state index is 10.7. The van der Waals surface area contributed by atoms with Crippen molar-refractivity contribution < 1.29 is 14.3 Å². The second kappa shape index (κ2) is 4.37. The van der Waals surface area contributed by atoms with E-state index in [1.54, 1.807) is 11.8 Å². The first kappa shape index (κ1) is 10.2. The molecule has 0 saturated carbocycles. The van der Waals surface area contributed by atoms with Gasteiger partial charge >= 0.3 is 5.97 Å². The predicted molar refractivity (Wildman–Crippen MR) is 52.1 cm³/mol. The lowest BCUT2D eigenvalue weighted by Crippen LogP contribution is -1.98. The van der Waals surface area contributed by atoms with Crippen LogP contribution in [0.25, 0.3) is 0 Å². The standard InChI is InChI=1S/C9H12O3S/c1-6(2)13-5-8-7(9(10)11)3-4-12-8/h3-4,6H,5H2,1-2H3,(H,10,11). The molecule has 1 aromatic rings. The Morgan fingerprint density at radius 1 is 1.69 bits per heavy atom. The summed E-state index contributed by atoms with van der Waals surface area (Å²) < 4.78 is 5.07. The molecule has 0 bridgehead atoms. The van der Waals surface area contributed by atoms with Crippen molar-refractivity contribution in [3.05, 3.63) is 23.7 Å². The topological polar surface area (TPSA) is 50.4 Å². The molecule has 1 rings (SSSR count). The van der Waals surface area contributed by atoms with Gasteiger partial charge in [0.1, 0.15) is 11.3 Å². The zero-order valence-electron chi connectivity index (χ0n) is 7.61. The molecule has 0 atom stereocenters. The largest absolute Gasteiger partial charge is 0.478 e. The molecule has 0 aromatic carbocycles. The molecule has 1 aromatic heterocycles. The Morgan fingerprint density at radius 2 is 2.38 bits per heavy atom. The fourth-order valence-electron chi connectivity index (χ4n) is 0.885. The molecule has 0 amide bonds. The van der Waals surface area contributed by atoms with Crippen molar-refractivity contribution in [2.24, 2.45) is 0 Å². The molecule has 0 fully saturated rings. The minimum absolute atomic E-state index is 0.271. The molecule has 13 heavy (non-hydrogen) atoms. The summed E-state index contributed by atoms with van der Waals surface area (Å²) in [5, 5.41) is 9.23. The van der Waals surface area contributed by atoms with Crippen LogP contribution < -0.4 is 0 Å². The molecule has 0 aliphatic rings. The van der Waals surface area contributed by atoms with Crippen LogP contribution in [-0.4, -0.2) is 16.3 Å². The maximum Gasteiger partial charge on any atom is 0.339 e.